The molecule has 0 spiro atoms. The van der Waals surface area contributed by atoms with E-state index in [0.717, 1.165) is 49.4 Å². The number of ether oxygens (including phenoxy) is 1. The third kappa shape index (κ3) is 4.74. The number of carbonyl (C=O) groups is 1. The number of hydrogen-bond acceptors (Lipinski definition) is 3. The van der Waals surface area contributed by atoms with Gasteiger partial charge < -0.3 is 19.9 Å². The summed E-state index contributed by atoms with van der Waals surface area (Å²) in [7, 11) is 1.70. The first kappa shape index (κ1) is 19.8. The molecule has 152 valence electrons. The number of hydrogen-bond donors (Lipinski definition) is 2. The van der Waals surface area contributed by atoms with Crippen LogP contribution in [0.4, 0.5) is 5.69 Å². The molecule has 29 heavy (non-hydrogen) atoms. The Morgan fingerprint density at radius 2 is 1.97 bits per heavy atom. The summed E-state index contributed by atoms with van der Waals surface area (Å²) >= 11 is 5.88. The van der Waals surface area contributed by atoms with Crippen LogP contribution in [0.25, 0.3) is 10.9 Å². The van der Waals surface area contributed by atoms with E-state index < -0.39 is 0 Å². The molecular weight excluding hydrogens is 386 g/mol. The number of nitrogens with zero attached hydrogens (tertiary/aromatic N) is 1. The predicted molar refractivity (Wildman–Crippen MR) is 118 cm³/mol. The van der Waals surface area contributed by atoms with E-state index in [-0.39, 0.29) is 5.91 Å². The number of aromatic nitrogens is 1. The number of H-pyrrole nitrogens is 1. The fraction of sp³-hybridized carbons (Fsp3) is 0.348. The average Bonchev–Trinajstić information content (AvgIpc) is 3.17. The molecule has 1 aliphatic heterocycles. The van der Waals surface area contributed by atoms with Crippen LogP contribution in [0.5, 0.6) is 5.75 Å². The number of anilines is 1. The molecule has 2 N–H and O–H groups in total. The number of aromatic amines is 1. The average molecular weight is 412 g/mol. The van der Waals surface area contributed by atoms with E-state index in [1.54, 1.807) is 19.2 Å². The van der Waals surface area contributed by atoms with Crippen molar-refractivity contribution in [1.29, 1.82) is 0 Å². The van der Waals surface area contributed by atoms with E-state index in [9.17, 15) is 4.79 Å². The summed E-state index contributed by atoms with van der Waals surface area (Å²) in [6, 6.07) is 13.4. The van der Waals surface area contributed by atoms with Crippen molar-refractivity contribution in [3.8, 4) is 5.75 Å². The van der Waals surface area contributed by atoms with Crippen molar-refractivity contribution in [2.75, 3.05) is 32.1 Å². The van der Waals surface area contributed by atoms with Crippen LogP contribution in [0.3, 0.4) is 0 Å². The molecule has 4 rings (SSSR count). The molecule has 6 heteroatoms. The zero-order chi connectivity index (χ0) is 20.2. The summed E-state index contributed by atoms with van der Waals surface area (Å²) in [6.45, 7) is 2.80. The van der Waals surface area contributed by atoms with E-state index in [1.165, 1.54) is 10.9 Å². The standard InChI is InChI=1S/C23H26ClN3O2/c1-29-19-6-7-22-20(14-19)21(15-25-22)16-8-11-27(12-9-16)13-10-23(28)26-18-4-2-17(24)3-5-18/h2-7,14-16,25H,8-13H2,1H3,(H,26,28). The fourth-order valence-corrected chi connectivity index (χ4v) is 4.20. The third-order valence-corrected chi connectivity index (χ3v) is 5.98. The molecule has 0 bridgehead atoms. The summed E-state index contributed by atoms with van der Waals surface area (Å²) in [5.41, 5.74) is 3.31. The van der Waals surface area contributed by atoms with Gasteiger partial charge in [0.15, 0.2) is 0 Å². The zero-order valence-corrected chi connectivity index (χ0v) is 17.3. The maximum Gasteiger partial charge on any atom is 0.225 e. The predicted octanol–water partition coefficient (Wildman–Crippen LogP) is 5.04. The lowest BCUT2D eigenvalue weighted by Crippen LogP contribution is -2.35. The van der Waals surface area contributed by atoms with Crippen molar-refractivity contribution >= 4 is 34.1 Å². The normalized spacial score (nSPS) is 15.5. The van der Waals surface area contributed by atoms with Gasteiger partial charge in [0.25, 0.3) is 0 Å². The minimum Gasteiger partial charge on any atom is -0.497 e. The molecule has 1 saturated heterocycles. The van der Waals surface area contributed by atoms with Gasteiger partial charge in [-0.15, -0.1) is 0 Å². The number of methoxy groups -OCH3 is 1. The van der Waals surface area contributed by atoms with Gasteiger partial charge in [-0.3, -0.25) is 4.79 Å². The van der Waals surface area contributed by atoms with Crippen LogP contribution in [0.2, 0.25) is 5.02 Å². The second kappa shape index (κ2) is 8.89. The lowest BCUT2D eigenvalue weighted by molar-refractivity contribution is -0.116. The summed E-state index contributed by atoms with van der Waals surface area (Å²) in [5, 5.41) is 4.85. The summed E-state index contributed by atoms with van der Waals surface area (Å²) in [6.07, 6.45) is 4.84. The Morgan fingerprint density at radius 3 is 2.69 bits per heavy atom. The highest BCUT2D eigenvalue weighted by Crippen LogP contribution is 2.34. The molecule has 0 unspecified atom stereocenters. The molecule has 1 amide bonds. The third-order valence-electron chi connectivity index (χ3n) is 5.73. The van der Waals surface area contributed by atoms with E-state index in [2.05, 4.69) is 33.5 Å². The van der Waals surface area contributed by atoms with E-state index in [1.807, 2.05) is 18.2 Å². The first-order valence-corrected chi connectivity index (χ1v) is 10.4. The van der Waals surface area contributed by atoms with Crippen molar-refractivity contribution in [2.24, 2.45) is 0 Å². The van der Waals surface area contributed by atoms with Crippen LogP contribution in [0.1, 0.15) is 30.7 Å². The van der Waals surface area contributed by atoms with Crippen LogP contribution in [0, 0.1) is 0 Å². The molecule has 1 aliphatic rings. The minimum atomic E-state index is 0.0400. The molecule has 1 aromatic heterocycles. The largest absolute Gasteiger partial charge is 0.497 e. The molecule has 0 radical (unpaired) electrons. The number of halogens is 1. The fourth-order valence-electron chi connectivity index (χ4n) is 4.07. The monoisotopic (exact) mass is 411 g/mol. The molecule has 3 aromatic rings. The van der Waals surface area contributed by atoms with E-state index in [4.69, 9.17) is 16.3 Å². The van der Waals surface area contributed by atoms with Gasteiger partial charge in [-0.05, 0) is 79.9 Å². The molecule has 0 saturated carbocycles. The van der Waals surface area contributed by atoms with Crippen LogP contribution in [0.15, 0.2) is 48.7 Å². The first-order valence-electron chi connectivity index (χ1n) is 10.0. The number of likely N-dealkylation sites (tertiary alicyclic amines) is 1. The van der Waals surface area contributed by atoms with Gasteiger partial charge >= 0.3 is 0 Å². The second-order valence-corrected chi connectivity index (χ2v) is 8.01. The van der Waals surface area contributed by atoms with Gasteiger partial charge in [0, 0.05) is 40.8 Å². The molecule has 1 fully saturated rings. The van der Waals surface area contributed by atoms with Crippen LogP contribution in [-0.4, -0.2) is 42.5 Å². The van der Waals surface area contributed by atoms with Gasteiger partial charge in [-0.1, -0.05) is 11.6 Å². The SMILES string of the molecule is COc1ccc2[nH]cc(C3CCN(CCC(=O)Nc4ccc(Cl)cc4)CC3)c2c1. The lowest BCUT2D eigenvalue weighted by atomic mass is 9.89. The molecular formula is C23H26ClN3O2. The highest BCUT2D eigenvalue weighted by atomic mass is 35.5. The van der Waals surface area contributed by atoms with E-state index in [0.29, 0.717) is 17.4 Å². The van der Waals surface area contributed by atoms with Gasteiger partial charge in [-0.2, -0.15) is 0 Å². The Bertz CT molecular complexity index is 975. The Hall–Kier alpha value is -2.50. The topological polar surface area (TPSA) is 57.4 Å². The Kier molecular flexibility index (Phi) is 6.07. The van der Waals surface area contributed by atoms with Gasteiger partial charge in [-0.25, -0.2) is 0 Å². The zero-order valence-electron chi connectivity index (χ0n) is 16.6. The van der Waals surface area contributed by atoms with Crippen molar-refractivity contribution < 1.29 is 9.53 Å². The number of piperidine rings is 1. The maximum absolute atomic E-state index is 12.2. The lowest BCUT2D eigenvalue weighted by Gasteiger charge is -2.31. The number of rotatable bonds is 6. The molecule has 0 atom stereocenters. The molecule has 2 heterocycles. The quantitative estimate of drug-likeness (QED) is 0.597. The van der Waals surface area contributed by atoms with Gasteiger partial charge in [0.2, 0.25) is 5.91 Å². The number of nitrogens with one attached hydrogen (secondary N) is 2. The number of carbonyl (C=O) groups excluding carboxylic acids is 1. The first-order chi connectivity index (χ1) is 14.1. The van der Waals surface area contributed by atoms with Gasteiger partial charge in [0.05, 0.1) is 7.11 Å². The summed E-state index contributed by atoms with van der Waals surface area (Å²) in [5.74, 6) is 1.47. The minimum absolute atomic E-state index is 0.0400. The number of benzene rings is 2. The van der Waals surface area contributed by atoms with Crippen molar-refractivity contribution in [3.05, 3.63) is 59.2 Å². The highest BCUT2D eigenvalue weighted by molar-refractivity contribution is 6.30. The summed E-state index contributed by atoms with van der Waals surface area (Å²) < 4.78 is 5.39. The Balaban J connectivity index is 1.28. The molecule has 5 nitrogen and oxygen atoms in total. The van der Waals surface area contributed by atoms with Crippen molar-refractivity contribution in [2.45, 2.75) is 25.2 Å². The van der Waals surface area contributed by atoms with Crippen LogP contribution < -0.4 is 10.1 Å². The maximum atomic E-state index is 12.2. The summed E-state index contributed by atoms with van der Waals surface area (Å²) in [4.78, 5) is 18.0. The number of fused-ring (bicyclic) bond motifs is 1. The number of amides is 1. The highest BCUT2D eigenvalue weighted by Gasteiger charge is 2.23. The van der Waals surface area contributed by atoms with Crippen molar-refractivity contribution in [1.82, 2.24) is 9.88 Å². The van der Waals surface area contributed by atoms with Crippen molar-refractivity contribution in [3.63, 3.8) is 0 Å². The smallest absolute Gasteiger partial charge is 0.225 e. The van der Waals surface area contributed by atoms with Crippen LogP contribution >= 0.6 is 11.6 Å². The molecule has 2 aromatic carbocycles. The second-order valence-electron chi connectivity index (χ2n) is 7.58. The van der Waals surface area contributed by atoms with Gasteiger partial charge in [0.1, 0.15) is 5.75 Å². The molecule has 0 aliphatic carbocycles. The van der Waals surface area contributed by atoms with E-state index >= 15 is 0 Å². The van der Waals surface area contributed by atoms with Crippen LogP contribution in [-0.2, 0) is 4.79 Å². The Labute approximate surface area is 176 Å². The Morgan fingerprint density at radius 1 is 1.21 bits per heavy atom.